The van der Waals surface area contributed by atoms with Gasteiger partial charge in [-0.1, -0.05) is 0 Å². The Labute approximate surface area is 170 Å². The van der Waals surface area contributed by atoms with Crippen molar-refractivity contribution in [1.29, 1.82) is 0 Å². The van der Waals surface area contributed by atoms with E-state index in [0.717, 1.165) is 36.9 Å². The third-order valence-corrected chi connectivity index (χ3v) is 5.01. The van der Waals surface area contributed by atoms with Crippen molar-refractivity contribution in [2.24, 2.45) is 10.9 Å². The number of nitrogens with one attached hydrogen (secondary N) is 2. The van der Waals surface area contributed by atoms with E-state index in [-0.39, 0.29) is 36.4 Å². The number of carbonyl (C=O) groups excluding carboxylic acids is 1. The molecule has 7 nitrogen and oxygen atoms in total. The third kappa shape index (κ3) is 7.45. The van der Waals surface area contributed by atoms with Gasteiger partial charge in [0.1, 0.15) is 11.6 Å². The molecule has 1 amide bonds. The molecular formula is C16H28IN5O2S. The van der Waals surface area contributed by atoms with Gasteiger partial charge in [-0.2, -0.15) is 0 Å². The van der Waals surface area contributed by atoms with Gasteiger partial charge in [0.05, 0.1) is 18.8 Å². The number of likely N-dealkylation sites (N-methyl/N-ethyl adjacent to an activating group) is 1. The molecule has 1 aliphatic rings. The van der Waals surface area contributed by atoms with E-state index in [9.17, 15) is 4.79 Å². The SMILES string of the molecule is Cc1nc(CNC(=NCC(=O)N(C)C)NCC2CCOC2)sc1C.I. The summed E-state index contributed by atoms with van der Waals surface area (Å²) >= 11 is 1.68. The quantitative estimate of drug-likeness (QED) is 0.366. The minimum Gasteiger partial charge on any atom is -0.381 e. The molecule has 0 aromatic carbocycles. The van der Waals surface area contributed by atoms with E-state index >= 15 is 0 Å². The summed E-state index contributed by atoms with van der Waals surface area (Å²) in [6.07, 6.45) is 1.06. The number of nitrogens with zero attached hydrogens (tertiary/aromatic N) is 3. The minimum atomic E-state index is -0.0266. The number of hydrogen-bond acceptors (Lipinski definition) is 5. The Morgan fingerprint density at radius 1 is 1.40 bits per heavy atom. The molecule has 1 unspecified atom stereocenters. The van der Waals surface area contributed by atoms with Gasteiger partial charge in [-0.3, -0.25) is 4.79 Å². The Morgan fingerprint density at radius 2 is 2.16 bits per heavy atom. The summed E-state index contributed by atoms with van der Waals surface area (Å²) in [5.41, 5.74) is 1.06. The molecule has 1 atom stereocenters. The van der Waals surface area contributed by atoms with Crippen LogP contribution in [0.2, 0.25) is 0 Å². The van der Waals surface area contributed by atoms with E-state index < -0.39 is 0 Å². The zero-order valence-electron chi connectivity index (χ0n) is 15.3. The number of aliphatic imine (C=N–C) groups is 1. The van der Waals surface area contributed by atoms with Gasteiger partial charge in [0.2, 0.25) is 5.91 Å². The Bertz CT molecular complexity index is 566. The molecule has 0 radical (unpaired) electrons. The fourth-order valence-electron chi connectivity index (χ4n) is 2.22. The minimum absolute atomic E-state index is 0. The Balaban J connectivity index is 0.00000312. The first kappa shape index (κ1) is 22.1. The highest BCUT2D eigenvalue weighted by molar-refractivity contribution is 14.0. The number of halogens is 1. The zero-order valence-corrected chi connectivity index (χ0v) is 18.4. The molecule has 1 aliphatic heterocycles. The smallest absolute Gasteiger partial charge is 0.243 e. The van der Waals surface area contributed by atoms with Crippen LogP contribution < -0.4 is 10.6 Å². The molecule has 1 fully saturated rings. The maximum Gasteiger partial charge on any atom is 0.243 e. The lowest BCUT2D eigenvalue weighted by Crippen LogP contribution is -2.40. The van der Waals surface area contributed by atoms with Crippen molar-refractivity contribution < 1.29 is 9.53 Å². The number of hydrogen-bond donors (Lipinski definition) is 2. The number of thiazole rings is 1. The highest BCUT2D eigenvalue weighted by Gasteiger charge is 2.16. The molecule has 9 heteroatoms. The van der Waals surface area contributed by atoms with Crippen molar-refractivity contribution in [3.8, 4) is 0 Å². The second kappa shape index (κ2) is 10.9. The molecule has 1 aromatic rings. The monoisotopic (exact) mass is 481 g/mol. The highest BCUT2D eigenvalue weighted by atomic mass is 127. The van der Waals surface area contributed by atoms with Crippen molar-refractivity contribution in [1.82, 2.24) is 20.5 Å². The van der Waals surface area contributed by atoms with Crippen LogP contribution in [0.5, 0.6) is 0 Å². The van der Waals surface area contributed by atoms with Crippen LogP contribution in [0.25, 0.3) is 0 Å². The maximum atomic E-state index is 11.8. The molecule has 2 N–H and O–H groups in total. The summed E-state index contributed by atoms with van der Waals surface area (Å²) in [5.74, 6) is 1.11. The molecule has 2 rings (SSSR count). The van der Waals surface area contributed by atoms with Crippen LogP contribution in [0.3, 0.4) is 0 Å². The molecule has 0 saturated carbocycles. The summed E-state index contributed by atoms with van der Waals surface area (Å²) in [4.78, 5) is 23.4. The number of aromatic nitrogens is 1. The van der Waals surface area contributed by atoms with Gasteiger partial charge < -0.3 is 20.3 Å². The van der Waals surface area contributed by atoms with Crippen LogP contribution in [-0.4, -0.2) is 62.1 Å². The lowest BCUT2D eigenvalue weighted by atomic mass is 10.1. The molecule has 1 aromatic heterocycles. The Morgan fingerprint density at radius 3 is 2.72 bits per heavy atom. The van der Waals surface area contributed by atoms with Crippen molar-refractivity contribution in [2.45, 2.75) is 26.8 Å². The average Bonchev–Trinajstić information content (AvgIpc) is 3.16. The van der Waals surface area contributed by atoms with E-state index in [1.54, 1.807) is 30.3 Å². The van der Waals surface area contributed by atoms with E-state index in [1.807, 2.05) is 6.92 Å². The number of carbonyl (C=O) groups is 1. The first-order valence-corrected chi connectivity index (χ1v) is 9.00. The van der Waals surface area contributed by atoms with Gasteiger partial charge in [-0.15, -0.1) is 35.3 Å². The number of rotatable bonds is 6. The van der Waals surface area contributed by atoms with Gasteiger partial charge in [-0.05, 0) is 20.3 Å². The summed E-state index contributed by atoms with van der Waals surface area (Å²) < 4.78 is 5.39. The van der Waals surface area contributed by atoms with E-state index in [1.165, 1.54) is 4.88 Å². The van der Waals surface area contributed by atoms with Crippen molar-refractivity contribution in [2.75, 3.05) is 40.4 Å². The Hall–Kier alpha value is -0.940. The second-order valence-electron chi connectivity index (χ2n) is 6.17. The number of guanidine groups is 1. The van der Waals surface area contributed by atoms with Crippen LogP contribution in [-0.2, 0) is 16.1 Å². The largest absolute Gasteiger partial charge is 0.381 e. The molecule has 1 saturated heterocycles. The second-order valence-corrected chi connectivity index (χ2v) is 7.45. The molecule has 0 bridgehead atoms. The first-order valence-electron chi connectivity index (χ1n) is 8.18. The predicted octanol–water partition coefficient (Wildman–Crippen LogP) is 1.54. The van der Waals surface area contributed by atoms with E-state index in [2.05, 4.69) is 27.5 Å². The summed E-state index contributed by atoms with van der Waals surface area (Å²) in [5, 5.41) is 7.60. The zero-order chi connectivity index (χ0) is 17.5. The summed E-state index contributed by atoms with van der Waals surface area (Å²) in [6.45, 7) is 7.20. The Kier molecular flexibility index (Phi) is 9.65. The summed E-state index contributed by atoms with van der Waals surface area (Å²) in [7, 11) is 3.46. The van der Waals surface area contributed by atoms with Gasteiger partial charge >= 0.3 is 0 Å². The average molecular weight is 481 g/mol. The molecule has 0 aliphatic carbocycles. The van der Waals surface area contributed by atoms with Crippen LogP contribution >= 0.6 is 35.3 Å². The van der Waals surface area contributed by atoms with Gasteiger partial charge in [0.25, 0.3) is 0 Å². The lowest BCUT2D eigenvalue weighted by Gasteiger charge is -2.15. The summed E-state index contributed by atoms with van der Waals surface area (Å²) in [6, 6.07) is 0. The first-order chi connectivity index (χ1) is 11.5. The highest BCUT2D eigenvalue weighted by Crippen LogP contribution is 2.16. The molecular weight excluding hydrogens is 453 g/mol. The fourth-order valence-corrected chi connectivity index (χ4v) is 3.10. The van der Waals surface area contributed by atoms with Gasteiger partial charge in [0, 0.05) is 38.0 Å². The fraction of sp³-hybridized carbons (Fsp3) is 0.688. The van der Waals surface area contributed by atoms with Crippen LogP contribution in [0, 0.1) is 19.8 Å². The van der Waals surface area contributed by atoms with E-state index in [0.29, 0.717) is 18.4 Å². The van der Waals surface area contributed by atoms with Crippen molar-refractivity contribution >= 4 is 47.2 Å². The van der Waals surface area contributed by atoms with Crippen molar-refractivity contribution in [3.05, 3.63) is 15.6 Å². The lowest BCUT2D eigenvalue weighted by molar-refractivity contribution is -0.127. The van der Waals surface area contributed by atoms with Crippen LogP contribution in [0.15, 0.2) is 4.99 Å². The molecule has 0 spiro atoms. The topological polar surface area (TPSA) is 78.9 Å². The van der Waals surface area contributed by atoms with E-state index in [4.69, 9.17) is 4.74 Å². The van der Waals surface area contributed by atoms with Crippen molar-refractivity contribution in [3.63, 3.8) is 0 Å². The van der Waals surface area contributed by atoms with Crippen LogP contribution in [0.4, 0.5) is 0 Å². The molecule has 142 valence electrons. The van der Waals surface area contributed by atoms with Gasteiger partial charge in [-0.25, -0.2) is 9.98 Å². The normalized spacial score (nSPS) is 17.1. The number of amides is 1. The van der Waals surface area contributed by atoms with Gasteiger partial charge in [0.15, 0.2) is 5.96 Å². The van der Waals surface area contributed by atoms with Crippen LogP contribution in [0.1, 0.15) is 22.0 Å². The predicted molar refractivity (Wildman–Crippen MR) is 112 cm³/mol. The molecule has 25 heavy (non-hydrogen) atoms. The standard InChI is InChI=1S/C16H27N5O2S.HI/c1-11-12(2)24-14(20-11)8-18-16(19-9-15(22)21(3)4)17-7-13-5-6-23-10-13;/h13H,5-10H2,1-4H3,(H2,17,18,19);1H. The number of aryl methyl sites for hydroxylation is 2. The third-order valence-electron chi connectivity index (χ3n) is 3.93. The maximum absolute atomic E-state index is 11.8. The molecule has 2 heterocycles. The number of ether oxygens (including phenoxy) is 1.